The average molecular weight is 779 g/mol. The number of rotatable bonds is 11. The van der Waals surface area contributed by atoms with Gasteiger partial charge in [0.15, 0.2) is 0 Å². The summed E-state index contributed by atoms with van der Waals surface area (Å²) in [6.07, 6.45) is 3.37. The van der Waals surface area contributed by atoms with E-state index in [4.69, 9.17) is 21.3 Å². The van der Waals surface area contributed by atoms with Crippen LogP contribution in [0.5, 0.6) is 5.88 Å². The summed E-state index contributed by atoms with van der Waals surface area (Å²) in [6.45, 7) is 4.54. The van der Waals surface area contributed by atoms with E-state index in [-0.39, 0.29) is 57.4 Å². The van der Waals surface area contributed by atoms with E-state index in [2.05, 4.69) is 25.5 Å². The number of nitrogens with zero attached hydrogens (tertiary/aromatic N) is 6. The second kappa shape index (κ2) is 14.9. The average Bonchev–Trinajstić information content (AvgIpc) is 3.89. The first kappa shape index (κ1) is 36.4. The number of aromatic amines is 1. The fourth-order valence-corrected chi connectivity index (χ4v) is 6.72. The summed E-state index contributed by atoms with van der Waals surface area (Å²) in [4.78, 5) is 26.7. The van der Waals surface area contributed by atoms with Gasteiger partial charge in [-0.05, 0) is 80.1 Å². The number of aryl methyl sites for hydroxylation is 2. The SMILES string of the molecule is CCn1cncc1Cn1c(Cc2cc(F)c(-c3cccc(OCc4ccc(Cl)cc4F)n3)cc2F)nc2cc(NC(=O)c3cc(F)c4[nH]nc(C)c4c3)ccc21. The molecule has 0 aliphatic rings. The van der Waals surface area contributed by atoms with Gasteiger partial charge >= 0.3 is 0 Å². The van der Waals surface area contributed by atoms with Gasteiger partial charge in [-0.2, -0.15) is 5.10 Å². The van der Waals surface area contributed by atoms with E-state index in [0.29, 0.717) is 46.7 Å². The molecule has 0 atom stereocenters. The van der Waals surface area contributed by atoms with E-state index in [0.717, 1.165) is 23.9 Å². The zero-order valence-electron chi connectivity index (χ0n) is 29.9. The van der Waals surface area contributed by atoms with Crippen LogP contribution < -0.4 is 10.1 Å². The van der Waals surface area contributed by atoms with Crippen LogP contribution >= 0.6 is 11.6 Å². The number of imidazole rings is 2. The van der Waals surface area contributed by atoms with E-state index in [1.807, 2.05) is 16.1 Å². The summed E-state index contributed by atoms with van der Waals surface area (Å²) in [6, 6.07) is 18.9. The van der Waals surface area contributed by atoms with Crippen molar-refractivity contribution in [2.24, 2.45) is 0 Å². The number of anilines is 1. The van der Waals surface area contributed by atoms with Crippen LogP contribution in [0.4, 0.5) is 23.2 Å². The first-order chi connectivity index (χ1) is 27.0. The van der Waals surface area contributed by atoms with Crippen molar-refractivity contribution in [2.75, 3.05) is 5.32 Å². The molecule has 4 heterocycles. The normalized spacial score (nSPS) is 11.5. The molecule has 10 nitrogen and oxygen atoms in total. The molecule has 0 radical (unpaired) electrons. The Morgan fingerprint density at radius 1 is 0.911 bits per heavy atom. The van der Waals surface area contributed by atoms with Crippen molar-refractivity contribution < 1.29 is 27.1 Å². The van der Waals surface area contributed by atoms with Gasteiger partial charge in [-0.3, -0.25) is 9.89 Å². The van der Waals surface area contributed by atoms with Gasteiger partial charge < -0.3 is 19.2 Å². The molecule has 0 aliphatic heterocycles. The predicted octanol–water partition coefficient (Wildman–Crippen LogP) is 9.18. The number of fused-ring (bicyclic) bond motifs is 2. The molecule has 8 aromatic rings. The third-order valence-corrected chi connectivity index (χ3v) is 9.73. The molecule has 1 amide bonds. The molecule has 282 valence electrons. The van der Waals surface area contributed by atoms with Gasteiger partial charge in [-0.25, -0.2) is 32.5 Å². The van der Waals surface area contributed by atoms with E-state index >= 15 is 8.78 Å². The number of benzene rings is 4. The van der Waals surface area contributed by atoms with E-state index in [9.17, 15) is 13.6 Å². The van der Waals surface area contributed by atoms with Crippen LogP contribution in [-0.2, 0) is 26.1 Å². The second-order valence-corrected chi connectivity index (χ2v) is 13.6. The summed E-state index contributed by atoms with van der Waals surface area (Å²) >= 11 is 5.84. The largest absolute Gasteiger partial charge is 0.473 e. The molecule has 8 rings (SSSR count). The summed E-state index contributed by atoms with van der Waals surface area (Å²) in [5.41, 5.74) is 3.68. The Balaban J connectivity index is 1.08. The van der Waals surface area contributed by atoms with Gasteiger partial charge in [-0.1, -0.05) is 23.7 Å². The van der Waals surface area contributed by atoms with Crippen LogP contribution in [0.25, 0.3) is 33.2 Å². The Morgan fingerprint density at radius 2 is 1.75 bits per heavy atom. The Kier molecular flexibility index (Phi) is 9.72. The maximum Gasteiger partial charge on any atom is 0.255 e. The maximum absolute atomic E-state index is 15.9. The molecule has 0 saturated heterocycles. The quantitative estimate of drug-likeness (QED) is 0.127. The molecule has 0 saturated carbocycles. The lowest BCUT2D eigenvalue weighted by Gasteiger charge is -2.13. The van der Waals surface area contributed by atoms with E-state index < -0.39 is 29.2 Å². The number of carbonyl (C=O) groups excluding carboxylic acids is 1. The smallest absolute Gasteiger partial charge is 0.255 e. The van der Waals surface area contributed by atoms with Crippen LogP contribution in [0.1, 0.15) is 45.6 Å². The van der Waals surface area contributed by atoms with Gasteiger partial charge in [0, 0.05) is 58.0 Å². The Morgan fingerprint density at radius 3 is 2.57 bits per heavy atom. The van der Waals surface area contributed by atoms with Gasteiger partial charge in [0.2, 0.25) is 5.88 Å². The maximum atomic E-state index is 15.9. The zero-order valence-corrected chi connectivity index (χ0v) is 30.6. The van der Waals surface area contributed by atoms with Gasteiger partial charge in [0.1, 0.15) is 41.2 Å². The number of hydrogen-bond acceptors (Lipinski definition) is 6. The van der Waals surface area contributed by atoms with Crippen molar-refractivity contribution in [2.45, 2.75) is 40.0 Å². The fraction of sp³-hybridized carbons (Fsp3) is 0.146. The van der Waals surface area contributed by atoms with Crippen LogP contribution in [0.3, 0.4) is 0 Å². The molecule has 0 aliphatic carbocycles. The molecule has 4 aromatic heterocycles. The minimum absolute atomic E-state index is 0.0536. The highest BCUT2D eigenvalue weighted by atomic mass is 35.5. The topological polar surface area (TPSA) is 116 Å². The highest BCUT2D eigenvalue weighted by Crippen LogP contribution is 2.30. The number of H-pyrrole nitrogens is 1. The molecule has 0 spiro atoms. The van der Waals surface area contributed by atoms with Crippen LogP contribution in [0.2, 0.25) is 5.02 Å². The summed E-state index contributed by atoms with van der Waals surface area (Å²) in [5.74, 6) is -2.54. The van der Waals surface area contributed by atoms with Crippen molar-refractivity contribution >= 4 is 45.1 Å². The Labute approximate surface area is 321 Å². The van der Waals surface area contributed by atoms with Crippen molar-refractivity contribution in [1.29, 1.82) is 0 Å². The van der Waals surface area contributed by atoms with Crippen LogP contribution in [0.15, 0.2) is 91.4 Å². The molecule has 15 heteroatoms. The fourth-order valence-electron chi connectivity index (χ4n) is 6.56. The van der Waals surface area contributed by atoms with Crippen molar-refractivity contribution in [3.63, 3.8) is 0 Å². The standard InChI is InChI=1S/C41H31ClF4N8O2/c1-3-53-21-47-18-28(53)19-54-37-10-9-27(48-41(55)25-11-29-22(2)51-52-40(29)34(46)13-25)16-36(37)49-38(54)14-24-12-33(45)30(17-32(24)44)35-5-4-6-39(50-35)56-20-23-7-8-26(42)15-31(23)43/h4-13,15-18,21H,3,14,19-20H2,1-2H3,(H,48,55)(H,51,52). The monoisotopic (exact) mass is 778 g/mol. The first-order valence-corrected chi connectivity index (χ1v) is 17.9. The lowest BCUT2D eigenvalue weighted by molar-refractivity contribution is 0.102. The number of pyridine rings is 1. The highest BCUT2D eigenvalue weighted by molar-refractivity contribution is 6.30. The lowest BCUT2D eigenvalue weighted by Crippen LogP contribution is -2.12. The number of nitrogens with one attached hydrogen (secondary N) is 2. The first-order valence-electron chi connectivity index (χ1n) is 17.5. The molecule has 4 aromatic carbocycles. The zero-order chi connectivity index (χ0) is 39.1. The van der Waals surface area contributed by atoms with E-state index in [1.165, 1.54) is 30.3 Å². The van der Waals surface area contributed by atoms with Crippen molar-refractivity contribution in [3.8, 4) is 17.1 Å². The molecular formula is C41H31ClF4N8O2. The second-order valence-electron chi connectivity index (χ2n) is 13.1. The van der Waals surface area contributed by atoms with Gasteiger partial charge in [0.05, 0.1) is 41.0 Å². The number of halogens is 5. The van der Waals surface area contributed by atoms with Gasteiger partial charge in [0.25, 0.3) is 5.91 Å². The third-order valence-electron chi connectivity index (χ3n) is 9.50. The van der Waals surface area contributed by atoms with Crippen molar-refractivity contribution in [3.05, 3.63) is 154 Å². The summed E-state index contributed by atoms with van der Waals surface area (Å²) in [7, 11) is 0. The van der Waals surface area contributed by atoms with Crippen LogP contribution in [0, 0.1) is 30.2 Å². The molecule has 2 N–H and O–H groups in total. The molecule has 56 heavy (non-hydrogen) atoms. The Hall–Kier alpha value is -6.54. The summed E-state index contributed by atoms with van der Waals surface area (Å²) in [5, 5.41) is 10.2. The van der Waals surface area contributed by atoms with E-state index in [1.54, 1.807) is 49.8 Å². The molecular weight excluding hydrogens is 748 g/mol. The number of ether oxygens (including phenoxy) is 1. The van der Waals surface area contributed by atoms with Gasteiger partial charge in [-0.15, -0.1) is 0 Å². The number of aromatic nitrogens is 7. The molecule has 0 unspecified atom stereocenters. The Bertz CT molecular complexity index is 2800. The third kappa shape index (κ3) is 7.18. The predicted molar refractivity (Wildman–Crippen MR) is 204 cm³/mol. The summed E-state index contributed by atoms with van der Waals surface area (Å²) < 4.78 is 70.3. The highest BCUT2D eigenvalue weighted by Gasteiger charge is 2.20. The number of carbonyl (C=O) groups is 1. The molecule has 0 fully saturated rings. The van der Waals surface area contributed by atoms with Crippen LogP contribution in [-0.4, -0.2) is 40.2 Å². The minimum atomic E-state index is -0.716. The molecule has 0 bridgehead atoms. The number of hydrogen-bond donors (Lipinski definition) is 2. The van der Waals surface area contributed by atoms with Crippen molar-refractivity contribution in [1.82, 2.24) is 34.3 Å². The number of amides is 1. The lowest BCUT2D eigenvalue weighted by atomic mass is 10.0. The minimum Gasteiger partial charge on any atom is -0.473 e.